The molecule has 180 valence electrons. The van der Waals surface area contributed by atoms with Crippen LogP contribution in [0.1, 0.15) is 27.2 Å². The number of fused-ring (bicyclic) bond motifs is 1. The molecular weight excluding hydrogens is 457 g/mol. The molecule has 1 fully saturated rings. The lowest BCUT2D eigenvalue weighted by atomic mass is 10.1. The van der Waals surface area contributed by atoms with E-state index in [1.165, 1.54) is 29.8 Å². The van der Waals surface area contributed by atoms with Crippen LogP contribution in [0.2, 0.25) is 0 Å². The molecule has 0 saturated carbocycles. The second-order valence-electron chi connectivity index (χ2n) is 9.08. The molecule has 1 aliphatic rings. The lowest BCUT2D eigenvalue weighted by molar-refractivity contribution is -0.132. The molecule has 0 atom stereocenters. The number of aromatic nitrogens is 2. The van der Waals surface area contributed by atoms with Gasteiger partial charge in [-0.3, -0.25) is 4.79 Å². The summed E-state index contributed by atoms with van der Waals surface area (Å²) in [6.45, 7) is 7.79. The van der Waals surface area contributed by atoms with Crippen LogP contribution in [-0.2, 0) is 9.53 Å². The Morgan fingerprint density at radius 3 is 2.44 bits per heavy atom. The Labute approximate surface area is 201 Å². The number of rotatable bonds is 5. The molecule has 0 spiro atoms. The van der Waals surface area contributed by atoms with E-state index in [2.05, 4.69) is 15.3 Å². The van der Waals surface area contributed by atoms with Crippen molar-refractivity contribution in [3.63, 3.8) is 0 Å². The highest BCUT2D eigenvalue weighted by Gasteiger charge is 2.27. The Morgan fingerprint density at radius 1 is 1.09 bits per heavy atom. The van der Waals surface area contributed by atoms with Crippen molar-refractivity contribution in [2.75, 3.05) is 38.0 Å². The summed E-state index contributed by atoms with van der Waals surface area (Å²) in [6, 6.07) is 6.32. The quantitative estimate of drug-likeness (QED) is 0.577. The molecule has 34 heavy (non-hydrogen) atoms. The monoisotopic (exact) mass is 485 g/mol. The molecule has 0 radical (unpaired) electrons. The highest BCUT2D eigenvalue weighted by atomic mass is 32.1. The SMILES string of the molecule is CC(C)(C)OC(=O)N1CCN(C(=O)CCNc2ncnc3scc(-c4ccc(F)cc4)c23)CC1. The highest BCUT2D eigenvalue weighted by Crippen LogP contribution is 2.36. The van der Waals surface area contributed by atoms with Gasteiger partial charge in [0.15, 0.2) is 0 Å². The van der Waals surface area contributed by atoms with Gasteiger partial charge in [-0.1, -0.05) is 12.1 Å². The van der Waals surface area contributed by atoms with E-state index < -0.39 is 5.60 Å². The van der Waals surface area contributed by atoms with Gasteiger partial charge in [0.25, 0.3) is 0 Å². The van der Waals surface area contributed by atoms with Gasteiger partial charge in [0.2, 0.25) is 5.91 Å². The zero-order valence-corrected chi connectivity index (χ0v) is 20.3. The van der Waals surface area contributed by atoms with Gasteiger partial charge >= 0.3 is 6.09 Å². The first-order valence-corrected chi connectivity index (χ1v) is 12.1. The number of nitrogens with one attached hydrogen (secondary N) is 1. The number of amides is 2. The van der Waals surface area contributed by atoms with Crippen LogP contribution in [0.5, 0.6) is 0 Å². The first kappa shape index (κ1) is 23.9. The largest absolute Gasteiger partial charge is 0.444 e. The average molecular weight is 486 g/mol. The molecule has 10 heteroatoms. The predicted octanol–water partition coefficient (Wildman–Crippen LogP) is 4.38. The summed E-state index contributed by atoms with van der Waals surface area (Å²) >= 11 is 1.49. The maximum absolute atomic E-state index is 13.3. The summed E-state index contributed by atoms with van der Waals surface area (Å²) < 4.78 is 18.8. The lowest BCUT2D eigenvalue weighted by Crippen LogP contribution is -2.51. The molecule has 1 N–H and O–H groups in total. The van der Waals surface area contributed by atoms with Crippen molar-refractivity contribution in [3.8, 4) is 11.1 Å². The van der Waals surface area contributed by atoms with Crippen molar-refractivity contribution in [1.82, 2.24) is 19.8 Å². The van der Waals surface area contributed by atoms with Crippen LogP contribution in [0.3, 0.4) is 0 Å². The molecule has 0 aliphatic carbocycles. The van der Waals surface area contributed by atoms with Gasteiger partial charge in [-0.25, -0.2) is 19.2 Å². The average Bonchev–Trinajstić information content (AvgIpc) is 3.23. The third-order valence-electron chi connectivity index (χ3n) is 5.44. The molecular formula is C24H28FN5O3S. The Morgan fingerprint density at radius 2 is 1.76 bits per heavy atom. The van der Waals surface area contributed by atoms with Gasteiger partial charge in [-0.15, -0.1) is 11.3 Å². The molecule has 2 amide bonds. The number of ether oxygens (including phenoxy) is 1. The van der Waals surface area contributed by atoms with Gasteiger partial charge < -0.3 is 19.9 Å². The van der Waals surface area contributed by atoms with Gasteiger partial charge in [0, 0.05) is 50.1 Å². The number of thiophene rings is 1. The maximum atomic E-state index is 13.3. The van der Waals surface area contributed by atoms with E-state index in [0.717, 1.165) is 21.3 Å². The first-order chi connectivity index (χ1) is 16.2. The molecule has 8 nitrogen and oxygen atoms in total. The number of benzene rings is 1. The van der Waals surface area contributed by atoms with E-state index in [9.17, 15) is 14.0 Å². The van der Waals surface area contributed by atoms with Crippen LogP contribution in [0.4, 0.5) is 15.0 Å². The van der Waals surface area contributed by atoms with Crippen LogP contribution in [0, 0.1) is 5.82 Å². The normalized spacial score (nSPS) is 14.4. The number of halogens is 1. The lowest BCUT2D eigenvalue weighted by Gasteiger charge is -2.35. The summed E-state index contributed by atoms with van der Waals surface area (Å²) in [5.41, 5.74) is 1.26. The third kappa shape index (κ3) is 5.61. The Bertz CT molecular complexity index is 1170. The summed E-state index contributed by atoms with van der Waals surface area (Å²) in [5, 5.41) is 6.11. The molecule has 0 unspecified atom stereocenters. The van der Waals surface area contributed by atoms with Gasteiger partial charge in [0.1, 0.15) is 28.4 Å². The van der Waals surface area contributed by atoms with Gasteiger partial charge in [-0.05, 0) is 38.5 Å². The van der Waals surface area contributed by atoms with Crippen LogP contribution in [0.25, 0.3) is 21.3 Å². The minimum atomic E-state index is -0.541. The molecule has 2 aromatic heterocycles. The van der Waals surface area contributed by atoms with Crippen LogP contribution < -0.4 is 5.32 Å². The van der Waals surface area contributed by atoms with Crippen molar-refractivity contribution in [2.24, 2.45) is 0 Å². The summed E-state index contributed by atoms with van der Waals surface area (Å²) in [6.07, 6.45) is 1.45. The molecule has 1 aliphatic heterocycles. The zero-order chi connectivity index (χ0) is 24.3. The number of nitrogens with zero attached hydrogens (tertiary/aromatic N) is 4. The second kappa shape index (κ2) is 9.92. The number of anilines is 1. The summed E-state index contributed by atoms with van der Waals surface area (Å²) in [7, 11) is 0. The molecule has 1 aromatic carbocycles. The van der Waals surface area contributed by atoms with E-state index in [-0.39, 0.29) is 17.8 Å². The molecule has 1 saturated heterocycles. The number of piperazine rings is 1. The van der Waals surface area contributed by atoms with Crippen molar-refractivity contribution in [3.05, 3.63) is 41.8 Å². The fraction of sp³-hybridized carbons (Fsp3) is 0.417. The van der Waals surface area contributed by atoms with Crippen molar-refractivity contribution < 1.29 is 18.7 Å². The van der Waals surface area contributed by atoms with Gasteiger partial charge in [0.05, 0.1) is 5.39 Å². The molecule has 3 aromatic rings. The van der Waals surface area contributed by atoms with E-state index in [1.54, 1.807) is 21.9 Å². The van der Waals surface area contributed by atoms with Crippen LogP contribution in [0.15, 0.2) is 36.0 Å². The van der Waals surface area contributed by atoms with Crippen LogP contribution >= 0.6 is 11.3 Å². The van der Waals surface area contributed by atoms with E-state index in [4.69, 9.17) is 4.74 Å². The third-order valence-corrected chi connectivity index (χ3v) is 6.33. The van der Waals surface area contributed by atoms with Gasteiger partial charge in [-0.2, -0.15) is 0 Å². The molecule has 3 heterocycles. The summed E-state index contributed by atoms with van der Waals surface area (Å²) in [4.78, 5) is 37.9. The van der Waals surface area contributed by atoms with E-state index in [0.29, 0.717) is 45.0 Å². The van der Waals surface area contributed by atoms with E-state index >= 15 is 0 Å². The Balaban J connectivity index is 1.34. The number of carbonyl (C=O) groups is 2. The second-order valence-corrected chi connectivity index (χ2v) is 9.94. The number of hydrogen-bond donors (Lipinski definition) is 1. The Hall–Kier alpha value is -3.27. The minimum absolute atomic E-state index is 0.0192. The molecule has 0 bridgehead atoms. The predicted molar refractivity (Wildman–Crippen MR) is 130 cm³/mol. The molecule has 4 rings (SSSR count). The maximum Gasteiger partial charge on any atom is 0.410 e. The van der Waals surface area contributed by atoms with Crippen molar-refractivity contribution >= 4 is 39.4 Å². The standard InChI is InChI=1S/C24H28FN5O3S/c1-24(2,3)33-23(32)30-12-10-29(11-13-30)19(31)8-9-26-21-20-18(14-34-22(20)28-15-27-21)16-4-6-17(25)7-5-16/h4-7,14-15H,8-13H2,1-3H3,(H,26,27,28). The van der Waals surface area contributed by atoms with Crippen molar-refractivity contribution in [1.29, 1.82) is 0 Å². The highest BCUT2D eigenvalue weighted by molar-refractivity contribution is 7.17. The fourth-order valence-corrected chi connectivity index (χ4v) is 4.68. The first-order valence-electron chi connectivity index (χ1n) is 11.2. The summed E-state index contributed by atoms with van der Waals surface area (Å²) in [5.74, 6) is 0.377. The van der Waals surface area contributed by atoms with Crippen LogP contribution in [-0.4, -0.2) is 70.1 Å². The van der Waals surface area contributed by atoms with Crippen molar-refractivity contribution in [2.45, 2.75) is 32.8 Å². The topological polar surface area (TPSA) is 87.7 Å². The smallest absolute Gasteiger partial charge is 0.410 e. The zero-order valence-electron chi connectivity index (χ0n) is 19.5. The minimum Gasteiger partial charge on any atom is -0.444 e. The number of hydrogen-bond acceptors (Lipinski definition) is 7. The Kier molecular flexibility index (Phi) is 6.97. The van der Waals surface area contributed by atoms with E-state index in [1.807, 2.05) is 26.2 Å². The fourth-order valence-electron chi connectivity index (χ4n) is 3.76. The number of carbonyl (C=O) groups excluding carboxylic acids is 2.